The van der Waals surface area contributed by atoms with E-state index in [-0.39, 0.29) is 23.4 Å². The van der Waals surface area contributed by atoms with E-state index in [2.05, 4.69) is 10.3 Å². The lowest BCUT2D eigenvalue weighted by Gasteiger charge is -2.38. The molecule has 3 heterocycles. The van der Waals surface area contributed by atoms with Gasteiger partial charge in [-0.3, -0.25) is 9.59 Å². The summed E-state index contributed by atoms with van der Waals surface area (Å²) >= 11 is 0. The van der Waals surface area contributed by atoms with Gasteiger partial charge < -0.3 is 9.80 Å². The molecule has 0 bridgehead atoms. The maximum atomic E-state index is 13.7. The number of benzene rings is 1. The van der Waals surface area contributed by atoms with E-state index < -0.39 is 5.82 Å². The van der Waals surface area contributed by atoms with Gasteiger partial charge in [0, 0.05) is 26.1 Å². The van der Waals surface area contributed by atoms with Crippen molar-refractivity contribution in [3.63, 3.8) is 0 Å². The van der Waals surface area contributed by atoms with E-state index in [4.69, 9.17) is 0 Å². The molecule has 2 amide bonds. The Hall–Kier alpha value is -2.77. The molecule has 0 radical (unpaired) electrons. The van der Waals surface area contributed by atoms with Gasteiger partial charge >= 0.3 is 0 Å². The molecule has 2 aromatic rings. The lowest BCUT2D eigenvalue weighted by molar-refractivity contribution is -0.128. The van der Waals surface area contributed by atoms with Crippen LogP contribution in [0.3, 0.4) is 0 Å². The first-order valence-corrected chi connectivity index (χ1v) is 8.34. The van der Waals surface area contributed by atoms with E-state index >= 15 is 0 Å². The number of likely N-dealkylation sites (tertiary alicyclic amines) is 2. The van der Waals surface area contributed by atoms with Crippen molar-refractivity contribution in [3.8, 4) is 0 Å². The Balaban J connectivity index is 1.36. The van der Waals surface area contributed by atoms with Crippen molar-refractivity contribution >= 4 is 11.8 Å². The first-order chi connectivity index (χ1) is 12.1. The molecule has 0 unspecified atom stereocenters. The number of nitrogens with zero attached hydrogens (tertiary/aromatic N) is 5. The van der Waals surface area contributed by atoms with Crippen LogP contribution >= 0.6 is 0 Å². The predicted octanol–water partition coefficient (Wildman–Crippen LogP) is 1.24. The highest BCUT2D eigenvalue weighted by Gasteiger charge is 2.34. The van der Waals surface area contributed by atoms with E-state index in [9.17, 15) is 14.0 Å². The van der Waals surface area contributed by atoms with Gasteiger partial charge in [-0.15, -0.1) is 5.10 Å². The molecule has 25 heavy (non-hydrogen) atoms. The minimum Gasteiger partial charge on any atom is -0.337 e. The number of hydrogen-bond donors (Lipinski definition) is 0. The minimum absolute atomic E-state index is 0.0336. The molecule has 0 spiro atoms. The molecule has 2 saturated heterocycles. The van der Waals surface area contributed by atoms with Gasteiger partial charge in [-0.25, -0.2) is 9.07 Å². The Kier molecular flexibility index (Phi) is 3.95. The highest BCUT2D eigenvalue weighted by Crippen LogP contribution is 2.24. The van der Waals surface area contributed by atoms with Gasteiger partial charge in [0.2, 0.25) is 5.91 Å². The molecule has 0 aliphatic carbocycles. The van der Waals surface area contributed by atoms with Crippen molar-refractivity contribution in [1.29, 1.82) is 0 Å². The summed E-state index contributed by atoms with van der Waals surface area (Å²) in [7, 11) is 0. The third kappa shape index (κ3) is 2.99. The van der Waals surface area contributed by atoms with Crippen LogP contribution in [0.25, 0.3) is 0 Å². The number of carbonyl (C=O) groups is 2. The summed E-state index contributed by atoms with van der Waals surface area (Å²) in [6.45, 7) is 2.18. The fourth-order valence-corrected chi connectivity index (χ4v) is 3.22. The Morgan fingerprint density at radius 2 is 2.08 bits per heavy atom. The monoisotopic (exact) mass is 343 g/mol. The number of hydrogen-bond acceptors (Lipinski definition) is 4. The molecule has 130 valence electrons. The molecule has 2 aliphatic heterocycles. The van der Waals surface area contributed by atoms with Crippen LogP contribution in [0.1, 0.15) is 34.9 Å². The fraction of sp³-hybridized carbons (Fsp3) is 0.412. The van der Waals surface area contributed by atoms with Gasteiger partial charge in [-0.1, -0.05) is 17.3 Å². The third-order valence-electron chi connectivity index (χ3n) is 4.71. The Bertz CT molecular complexity index is 815. The second kappa shape index (κ2) is 6.27. The Labute approximate surface area is 144 Å². The zero-order valence-electron chi connectivity index (χ0n) is 13.6. The third-order valence-corrected chi connectivity index (χ3v) is 4.71. The molecule has 1 aromatic carbocycles. The smallest absolute Gasteiger partial charge is 0.256 e. The minimum atomic E-state index is -0.505. The number of carbonyl (C=O) groups excluding carboxylic acids is 2. The zero-order chi connectivity index (χ0) is 17.4. The number of rotatable bonds is 4. The van der Waals surface area contributed by atoms with Gasteiger partial charge in [0.1, 0.15) is 11.5 Å². The van der Waals surface area contributed by atoms with E-state index in [0.717, 1.165) is 18.7 Å². The first kappa shape index (κ1) is 15.7. The van der Waals surface area contributed by atoms with Gasteiger partial charge in [0.15, 0.2) is 0 Å². The average Bonchev–Trinajstić information content (AvgIpc) is 3.17. The molecular weight excluding hydrogens is 325 g/mol. The summed E-state index contributed by atoms with van der Waals surface area (Å²) in [5.41, 5.74) is 0.835. The largest absolute Gasteiger partial charge is 0.337 e. The average molecular weight is 343 g/mol. The van der Waals surface area contributed by atoms with Crippen molar-refractivity contribution < 1.29 is 14.0 Å². The van der Waals surface area contributed by atoms with E-state index in [1.165, 1.54) is 12.1 Å². The maximum absolute atomic E-state index is 13.7. The standard InChI is InChI=1S/C17H18FN5O2/c18-15-5-2-1-4-14(15)17(25)22-10-13(11-22)23-9-12(19-20-23)8-21-7-3-6-16(21)24/h1-2,4-5,9,13H,3,6-8,10-11H2. The summed E-state index contributed by atoms with van der Waals surface area (Å²) in [6.07, 6.45) is 3.31. The van der Waals surface area contributed by atoms with Crippen LogP contribution in [-0.4, -0.2) is 56.2 Å². The second-order valence-electron chi connectivity index (χ2n) is 6.45. The van der Waals surface area contributed by atoms with Crippen LogP contribution in [0.4, 0.5) is 4.39 Å². The molecule has 2 aliphatic rings. The van der Waals surface area contributed by atoms with Crippen LogP contribution in [-0.2, 0) is 11.3 Å². The summed E-state index contributed by atoms with van der Waals surface area (Å²) in [4.78, 5) is 27.3. The number of halogens is 1. The van der Waals surface area contributed by atoms with E-state index in [1.807, 2.05) is 6.20 Å². The van der Waals surface area contributed by atoms with Crippen molar-refractivity contribution in [2.45, 2.75) is 25.4 Å². The quantitative estimate of drug-likeness (QED) is 0.837. The molecule has 4 rings (SSSR count). The summed E-state index contributed by atoms with van der Waals surface area (Å²) in [5, 5.41) is 8.22. The highest BCUT2D eigenvalue weighted by molar-refractivity contribution is 5.95. The molecule has 2 fully saturated rings. The molecule has 8 heteroatoms. The lowest BCUT2D eigenvalue weighted by Crippen LogP contribution is -2.51. The maximum Gasteiger partial charge on any atom is 0.256 e. The van der Waals surface area contributed by atoms with Crippen LogP contribution in [0.2, 0.25) is 0 Å². The van der Waals surface area contributed by atoms with Gasteiger partial charge in [0.25, 0.3) is 5.91 Å². The number of amides is 2. The Morgan fingerprint density at radius 1 is 1.28 bits per heavy atom. The van der Waals surface area contributed by atoms with Crippen LogP contribution in [0.15, 0.2) is 30.5 Å². The first-order valence-electron chi connectivity index (χ1n) is 8.34. The molecule has 7 nitrogen and oxygen atoms in total. The normalized spacial score (nSPS) is 17.9. The topological polar surface area (TPSA) is 71.3 Å². The molecule has 0 atom stereocenters. The van der Waals surface area contributed by atoms with Crippen molar-refractivity contribution in [3.05, 3.63) is 47.5 Å². The van der Waals surface area contributed by atoms with Crippen molar-refractivity contribution in [2.24, 2.45) is 0 Å². The molecule has 1 aromatic heterocycles. The zero-order valence-corrected chi connectivity index (χ0v) is 13.6. The van der Waals surface area contributed by atoms with Crippen LogP contribution < -0.4 is 0 Å². The van der Waals surface area contributed by atoms with Gasteiger partial charge in [-0.2, -0.15) is 0 Å². The SMILES string of the molecule is O=C1CCCN1Cc1cn(C2CN(C(=O)c3ccccc3F)C2)nn1. The van der Waals surface area contributed by atoms with Crippen molar-refractivity contribution in [2.75, 3.05) is 19.6 Å². The van der Waals surface area contributed by atoms with Crippen molar-refractivity contribution in [1.82, 2.24) is 24.8 Å². The molecular formula is C17H18FN5O2. The fourth-order valence-electron chi connectivity index (χ4n) is 3.22. The summed E-state index contributed by atoms with van der Waals surface area (Å²) in [6, 6.07) is 6.02. The molecule has 0 saturated carbocycles. The number of aromatic nitrogens is 3. The van der Waals surface area contributed by atoms with Crippen LogP contribution in [0.5, 0.6) is 0 Å². The second-order valence-corrected chi connectivity index (χ2v) is 6.45. The lowest BCUT2D eigenvalue weighted by atomic mass is 10.1. The molecule has 0 N–H and O–H groups in total. The summed E-state index contributed by atoms with van der Waals surface area (Å²) in [5.74, 6) is -0.661. The highest BCUT2D eigenvalue weighted by atomic mass is 19.1. The summed E-state index contributed by atoms with van der Waals surface area (Å²) < 4.78 is 15.4. The van der Waals surface area contributed by atoms with Crippen LogP contribution in [0, 0.1) is 5.82 Å². The predicted molar refractivity (Wildman–Crippen MR) is 86.0 cm³/mol. The van der Waals surface area contributed by atoms with E-state index in [0.29, 0.717) is 26.1 Å². The Morgan fingerprint density at radius 3 is 2.80 bits per heavy atom. The van der Waals surface area contributed by atoms with E-state index in [1.54, 1.807) is 26.6 Å². The van der Waals surface area contributed by atoms with Gasteiger partial charge in [-0.05, 0) is 18.6 Å². The van der Waals surface area contributed by atoms with Gasteiger partial charge in [0.05, 0.1) is 24.3 Å².